The van der Waals surface area contributed by atoms with Gasteiger partial charge in [0.25, 0.3) is 5.91 Å². The van der Waals surface area contributed by atoms with Gasteiger partial charge in [0.1, 0.15) is 11.8 Å². The highest BCUT2D eigenvalue weighted by molar-refractivity contribution is 6.30. The number of nitrogens with one attached hydrogen (secondary N) is 1. The first-order valence-electron chi connectivity index (χ1n) is 12.3. The Morgan fingerprint density at radius 3 is 2.33 bits per heavy atom. The zero-order valence-electron chi connectivity index (χ0n) is 21.5. The summed E-state index contributed by atoms with van der Waals surface area (Å²) in [5.41, 5.74) is 5.04. The zero-order chi connectivity index (χ0) is 26.1. The highest BCUT2D eigenvalue weighted by atomic mass is 35.5. The van der Waals surface area contributed by atoms with E-state index in [2.05, 4.69) is 11.4 Å². The molecule has 2 amide bonds. The predicted octanol–water partition coefficient (Wildman–Crippen LogP) is 5.81. The number of nitrogens with zero attached hydrogens (tertiary/aromatic N) is 1. The predicted molar refractivity (Wildman–Crippen MR) is 145 cm³/mol. The van der Waals surface area contributed by atoms with E-state index in [-0.39, 0.29) is 25.0 Å². The highest BCUT2D eigenvalue weighted by Gasteiger charge is 2.30. The molecule has 3 rings (SSSR count). The van der Waals surface area contributed by atoms with E-state index in [0.29, 0.717) is 23.7 Å². The smallest absolute Gasteiger partial charge is 0.261 e. The van der Waals surface area contributed by atoms with Crippen LogP contribution in [0.5, 0.6) is 5.75 Å². The second-order valence-electron chi connectivity index (χ2n) is 9.14. The molecule has 0 unspecified atom stereocenters. The number of benzene rings is 3. The summed E-state index contributed by atoms with van der Waals surface area (Å²) in [6.07, 6.45) is 1.21. The van der Waals surface area contributed by atoms with E-state index in [1.54, 1.807) is 17.0 Å². The molecule has 1 N–H and O–H groups in total. The van der Waals surface area contributed by atoms with Gasteiger partial charge in [0.15, 0.2) is 6.61 Å². The number of ether oxygens (including phenoxy) is 1. The first kappa shape index (κ1) is 27.3. The summed E-state index contributed by atoms with van der Waals surface area (Å²) in [6.45, 7) is 8.66. The van der Waals surface area contributed by atoms with Crippen LogP contribution >= 0.6 is 11.6 Å². The molecule has 0 radical (unpaired) electrons. The molecule has 0 aliphatic carbocycles. The van der Waals surface area contributed by atoms with Crippen LogP contribution in [-0.2, 0) is 22.6 Å². The SMILES string of the molecule is CCCNC(=O)[C@H](Cc1ccccc1)N(Cc1ccc(Cl)cc1)C(=O)COc1cc(C)cc(C)c1C. The first-order valence-corrected chi connectivity index (χ1v) is 12.7. The Balaban J connectivity index is 1.91. The molecular weight excluding hydrogens is 472 g/mol. The van der Waals surface area contributed by atoms with E-state index in [9.17, 15) is 9.59 Å². The summed E-state index contributed by atoms with van der Waals surface area (Å²) in [7, 11) is 0. The Morgan fingerprint density at radius 2 is 1.67 bits per heavy atom. The summed E-state index contributed by atoms with van der Waals surface area (Å²) in [5.74, 6) is 0.254. The molecule has 0 aliphatic heterocycles. The van der Waals surface area contributed by atoms with Crippen LogP contribution in [0.4, 0.5) is 0 Å². The quantitative estimate of drug-likeness (QED) is 0.357. The van der Waals surface area contributed by atoms with Crippen molar-refractivity contribution in [2.45, 2.75) is 53.1 Å². The van der Waals surface area contributed by atoms with Crippen LogP contribution in [0, 0.1) is 20.8 Å². The van der Waals surface area contributed by atoms with Gasteiger partial charge in [-0.25, -0.2) is 0 Å². The van der Waals surface area contributed by atoms with Crippen LogP contribution in [-0.4, -0.2) is 35.9 Å². The lowest BCUT2D eigenvalue weighted by molar-refractivity contribution is -0.142. The van der Waals surface area contributed by atoms with Crippen LogP contribution < -0.4 is 10.1 Å². The lowest BCUT2D eigenvalue weighted by atomic mass is 10.0. The van der Waals surface area contributed by atoms with E-state index in [1.807, 2.05) is 76.2 Å². The molecule has 3 aromatic rings. The van der Waals surface area contributed by atoms with Crippen LogP contribution in [0.25, 0.3) is 0 Å². The summed E-state index contributed by atoms with van der Waals surface area (Å²) in [6, 6.07) is 20.4. The largest absolute Gasteiger partial charge is 0.483 e. The standard InChI is InChI=1S/C30H35ClN2O3/c1-5-15-32-30(35)27(18-24-9-7-6-8-10-24)33(19-25-11-13-26(31)14-12-25)29(34)20-36-28-17-21(2)16-22(3)23(28)4/h6-14,16-17,27H,5,15,18-20H2,1-4H3,(H,32,35)/t27-/m0/s1. The van der Waals surface area contributed by atoms with Crippen molar-refractivity contribution in [1.82, 2.24) is 10.2 Å². The molecule has 0 aliphatic rings. The van der Waals surface area contributed by atoms with E-state index < -0.39 is 6.04 Å². The molecule has 5 nitrogen and oxygen atoms in total. The fraction of sp³-hybridized carbons (Fsp3) is 0.333. The number of aryl methyl sites for hydroxylation is 2. The van der Waals surface area contributed by atoms with Crippen LogP contribution in [0.1, 0.15) is 41.2 Å². The van der Waals surface area contributed by atoms with Gasteiger partial charge in [-0.3, -0.25) is 9.59 Å². The fourth-order valence-corrected chi connectivity index (χ4v) is 4.21. The Bertz CT molecular complexity index is 1160. The monoisotopic (exact) mass is 506 g/mol. The maximum atomic E-state index is 13.7. The molecule has 0 spiro atoms. The van der Waals surface area contributed by atoms with Gasteiger partial charge < -0.3 is 15.0 Å². The van der Waals surface area contributed by atoms with Crippen LogP contribution in [0.15, 0.2) is 66.7 Å². The Morgan fingerprint density at radius 1 is 0.972 bits per heavy atom. The molecule has 0 heterocycles. The van der Waals surface area contributed by atoms with E-state index in [1.165, 1.54) is 0 Å². The van der Waals surface area contributed by atoms with Gasteiger partial charge >= 0.3 is 0 Å². The lowest BCUT2D eigenvalue weighted by Gasteiger charge is -2.31. The second kappa shape index (κ2) is 13.1. The molecule has 0 fully saturated rings. The first-order chi connectivity index (χ1) is 17.3. The molecule has 36 heavy (non-hydrogen) atoms. The molecule has 190 valence electrons. The Kier molecular flexibility index (Phi) is 9.95. The zero-order valence-corrected chi connectivity index (χ0v) is 22.3. The lowest BCUT2D eigenvalue weighted by Crippen LogP contribution is -2.51. The molecule has 3 aromatic carbocycles. The molecule has 6 heteroatoms. The molecule has 0 saturated carbocycles. The fourth-order valence-electron chi connectivity index (χ4n) is 4.08. The average Bonchev–Trinajstić information content (AvgIpc) is 2.87. The second-order valence-corrected chi connectivity index (χ2v) is 9.57. The van der Waals surface area contributed by atoms with Crippen molar-refractivity contribution in [2.24, 2.45) is 0 Å². The van der Waals surface area contributed by atoms with Gasteiger partial charge in [-0.2, -0.15) is 0 Å². The molecule has 1 atom stereocenters. The third-order valence-electron chi connectivity index (χ3n) is 6.20. The number of amides is 2. The molecule has 0 bridgehead atoms. The van der Waals surface area contributed by atoms with Gasteiger partial charge in [0, 0.05) is 24.5 Å². The average molecular weight is 507 g/mol. The topological polar surface area (TPSA) is 58.6 Å². The van der Waals surface area contributed by atoms with Crippen molar-refractivity contribution in [2.75, 3.05) is 13.2 Å². The third kappa shape index (κ3) is 7.59. The van der Waals surface area contributed by atoms with Gasteiger partial charge in [0.05, 0.1) is 0 Å². The Labute approximate surface area is 219 Å². The minimum absolute atomic E-state index is 0.163. The van der Waals surface area contributed by atoms with Gasteiger partial charge in [0.2, 0.25) is 5.91 Å². The number of hydrogen-bond donors (Lipinski definition) is 1. The van der Waals surface area contributed by atoms with E-state index in [4.69, 9.17) is 16.3 Å². The van der Waals surface area contributed by atoms with Crippen molar-refractivity contribution in [3.8, 4) is 5.75 Å². The normalized spacial score (nSPS) is 11.6. The summed E-state index contributed by atoms with van der Waals surface area (Å²) >= 11 is 6.08. The number of hydrogen-bond acceptors (Lipinski definition) is 3. The maximum Gasteiger partial charge on any atom is 0.261 e. The van der Waals surface area contributed by atoms with Crippen molar-refractivity contribution in [1.29, 1.82) is 0 Å². The summed E-state index contributed by atoms with van der Waals surface area (Å²) in [5, 5.41) is 3.60. The van der Waals surface area contributed by atoms with Gasteiger partial charge in [-0.1, -0.05) is 67.1 Å². The number of carbonyl (C=O) groups is 2. The van der Waals surface area contributed by atoms with Gasteiger partial charge in [-0.05, 0) is 73.2 Å². The van der Waals surface area contributed by atoms with Crippen molar-refractivity contribution >= 4 is 23.4 Å². The third-order valence-corrected chi connectivity index (χ3v) is 6.45. The summed E-state index contributed by atoms with van der Waals surface area (Å²) in [4.78, 5) is 28.6. The molecular formula is C30H35ClN2O3. The molecule has 0 saturated heterocycles. The number of halogens is 1. The highest BCUT2D eigenvalue weighted by Crippen LogP contribution is 2.24. The van der Waals surface area contributed by atoms with Crippen molar-refractivity contribution in [3.05, 3.63) is 99.6 Å². The number of rotatable bonds is 11. The molecule has 0 aromatic heterocycles. The van der Waals surface area contributed by atoms with Gasteiger partial charge in [-0.15, -0.1) is 0 Å². The van der Waals surface area contributed by atoms with Crippen molar-refractivity contribution < 1.29 is 14.3 Å². The van der Waals surface area contributed by atoms with E-state index >= 15 is 0 Å². The van der Waals surface area contributed by atoms with Crippen LogP contribution in [0.2, 0.25) is 5.02 Å². The van der Waals surface area contributed by atoms with Crippen LogP contribution in [0.3, 0.4) is 0 Å². The minimum atomic E-state index is -0.689. The Hall–Kier alpha value is -3.31. The maximum absolute atomic E-state index is 13.7. The minimum Gasteiger partial charge on any atom is -0.483 e. The van der Waals surface area contributed by atoms with E-state index in [0.717, 1.165) is 34.2 Å². The number of carbonyl (C=O) groups excluding carboxylic acids is 2. The van der Waals surface area contributed by atoms with Crippen molar-refractivity contribution in [3.63, 3.8) is 0 Å². The summed E-state index contributed by atoms with van der Waals surface area (Å²) < 4.78 is 6.02.